The molecule has 0 radical (unpaired) electrons. The molecule has 1 rings (SSSR count). The van der Waals surface area contributed by atoms with Crippen molar-refractivity contribution in [3.05, 3.63) is 42.5 Å². The maximum absolute atomic E-state index is 11.2. The average molecular weight is 218 g/mol. The number of carbonyl (C=O) groups is 1. The van der Waals surface area contributed by atoms with E-state index in [1.807, 2.05) is 24.3 Å². The molecule has 0 aliphatic carbocycles. The number of ether oxygens (including phenoxy) is 1. The number of carbonyl (C=O) groups excluding carboxylic acids is 1. The molecule has 0 bridgehead atoms. The van der Waals surface area contributed by atoms with Crippen LogP contribution in [0.5, 0.6) is 5.75 Å². The molecular weight excluding hydrogens is 200 g/mol. The first kappa shape index (κ1) is 12.5. The first-order valence-electron chi connectivity index (χ1n) is 5.59. The van der Waals surface area contributed by atoms with Crippen molar-refractivity contribution in [2.24, 2.45) is 0 Å². The van der Waals surface area contributed by atoms with Crippen LogP contribution in [-0.4, -0.2) is 5.97 Å². The summed E-state index contributed by atoms with van der Waals surface area (Å²) in [7, 11) is 0. The van der Waals surface area contributed by atoms with Gasteiger partial charge in [-0.15, -0.1) is 6.58 Å². The lowest BCUT2D eigenvalue weighted by Gasteiger charge is -2.09. The van der Waals surface area contributed by atoms with Gasteiger partial charge in [0, 0.05) is 0 Å². The maximum atomic E-state index is 11.2. The second kappa shape index (κ2) is 6.11. The zero-order chi connectivity index (χ0) is 12.0. The van der Waals surface area contributed by atoms with E-state index in [0.717, 1.165) is 6.42 Å². The Bertz CT molecular complexity index is 352. The molecule has 16 heavy (non-hydrogen) atoms. The molecule has 1 atom stereocenters. The maximum Gasteiger partial charge on any atom is 0.315 e. The molecule has 0 fully saturated rings. The Labute approximate surface area is 96.9 Å². The molecule has 0 aliphatic rings. The van der Waals surface area contributed by atoms with Gasteiger partial charge >= 0.3 is 5.97 Å². The fourth-order valence-electron chi connectivity index (χ4n) is 1.39. The zero-order valence-corrected chi connectivity index (χ0v) is 9.90. The van der Waals surface area contributed by atoms with Gasteiger partial charge in [0.15, 0.2) is 0 Å². The molecule has 0 saturated heterocycles. The topological polar surface area (TPSA) is 26.3 Å². The van der Waals surface area contributed by atoms with Gasteiger partial charge in [-0.1, -0.05) is 32.1 Å². The molecule has 2 heteroatoms. The molecule has 0 N–H and O–H groups in total. The number of hydrogen-bond donors (Lipinski definition) is 0. The molecule has 1 aromatic rings. The molecule has 86 valence electrons. The highest BCUT2D eigenvalue weighted by Gasteiger charge is 2.05. The van der Waals surface area contributed by atoms with Gasteiger partial charge in [-0.2, -0.15) is 0 Å². The quantitative estimate of drug-likeness (QED) is 0.428. The number of esters is 1. The summed E-state index contributed by atoms with van der Waals surface area (Å²) >= 11 is 0. The predicted molar refractivity (Wildman–Crippen MR) is 65.6 cm³/mol. The first-order chi connectivity index (χ1) is 7.67. The van der Waals surface area contributed by atoms with Crippen molar-refractivity contribution in [3.8, 4) is 5.75 Å². The van der Waals surface area contributed by atoms with Crippen LogP contribution in [0.1, 0.15) is 38.2 Å². The molecule has 0 heterocycles. The first-order valence-corrected chi connectivity index (χ1v) is 5.59. The minimum absolute atomic E-state index is 0.243. The van der Waals surface area contributed by atoms with E-state index in [4.69, 9.17) is 4.74 Å². The fraction of sp³-hybridized carbons (Fsp3) is 0.357. The predicted octanol–water partition coefficient (Wildman–Crippen LogP) is 3.68. The second-order valence-corrected chi connectivity index (χ2v) is 3.85. The van der Waals surface area contributed by atoms with Gasteiger partial charge in [-0.3, -0.25) is 4.79 Å². The molecule has 0 saturated carbocycles. The lowest BCUT2D eigenvalue weighted by molar-refractivity contribution is -0.133. The van der Waals surface area contributed by atoms with Gasteiger partial charge in [0.2, 0.25) is 0 Å². The Hall–Kier alpha value is -1.57. The van der Waals surface area contributed by atoms with Crippen LogP contribution in [0.4, 0.5) is 0 Å². The molecule has 1 unspecified atom stereocenters. The van der Waals surface area contributed by atoms with Crippen LogP contribution < -0.4 is 4.74 Å². The van der Waals surface area contributed by atoms with E-state index in [1.165, 1.54) is 11.6 Å². The summed E-state index contributed by atoms with van der Waals surface area (Å²) in [5, 5.41) is 0. The van der Waals surface area contributed by atoms with E-state index in [0.29, 0.717) is 11.7 Å². The van der Waals surface area contributed by atoms with Crippen LogP contribution in [-0.2, 0) is 4.79 Å². The molecule has 0 spiro atoms. The standard InChI is InChI=1S/C14H18O2/c1-4-6-14(15)16-13-9-7-12(8-10-13)11(3)5-2/h4,7-11H,1,5-6H2,2-3H3. The molecule has 1 aromatic carbocycles. The number of benzene rings is 1. The Kier molecular flexibility index (Phi) is 4.77. The lowest BCUT2D eigenvalue weighted by atomic mass is 9.99. The van der Waals surface area contributed by atoms with Crippen LogP contribution >= 0.6 is 0 Å². The molecule has 0 aliphatic heterocycles. The van der Waals surface area contributed by atoms with Crippen molar-refractivity contribution < 1.29 is 9.53 Å². The summed E-state index contributed by atoms with van der Waals surface area (Å²) < 4.78 is 5.11. The van der Waals surface area contributed by atoms with Crippen molar-refractivity contribution in [1.82, 2.24) is 0 Å². The van der Waals surface area contributed by atoms with Gasteiger partial charge < -0.3 is 4.74 Å². The van der Waals surface area contributed by atoms with Crippen LogP contribution in [0.3, 0.4) is 0 Å². The van der Waals surface area contributed by atoms with Crippen molar-refractivity contribution in [2.75, 3.05) is 0 Å². The normalized spacial score (nSPS) is 11.9. The van der Waals surface area contributed by atoms with Crippen molar-refractivity contribution in [2.45, 2.75) is 32.6 Å². The lowest BCUT2D eigenvalue weighted by Crippen LogP contribution is -2.06. The number of hydrogen-bond acceptors (Lipinski definition) is 2. The van der Waals surface area contributed by atoms with Gasteiger partial charge in [-0.25, -0.2) is 0 Å². The Morgan fingerprint density at radius 2 is 2.06 bits per heavy atom. The van der Waals surface area contributed by atoms with Gasteiger partial charge in [0.1, 0.15) is 5.75 Å². The van der Waals surface area contributed by atoms with E-state index in [-0.39, 0.29) is 12.4 Å². The van der Waals surface area contributed by atoms with E-state index < -0.39 is 0 Å². The van der Waals surface area contributed by atoms with Crippen LogP contribution in [0.25, 0.3) is 0 Å². The third-order valence-electron chi connectivity index (χ3n) is 2.60. The summed E-state index contributed by atoms with van der Waals surface area (Å²) in [6, 6.07) is 7.68. The minimum atomic E-state index is -0.272. The average Bonchev–Trinajstić information content (AvgIpc) is 2.29. The molecule has 2 nitrogen and oxygen atoms in total. The Morgan fingerprint density at radius 3 is 2.56 bits per heavy atom. The molecule has 0 aromatic heterocycles. The van der Waals surface area contributed by atoms with E-state index in [2.05, 4.69) is 20.4 Å². The van der Waals surface area contributed by atoms with E-state index >= 15 is 0 Å². The summed E-state index contributed by atoms with van der Waals surface area (Å²) in [6.45, 7) is 7.82. The highest BCUT2D eigenvalue weighted by Crippen LogP contribution is 2.21. The van der Waals surface area contributed by atoms with Crippen LogP contribution in [0, 0.1) is 0 Å². The number of rotatable bonds is 5. The monoisotopic (exact) mass is 218 g/mol. The second-order valence-electron chi connectivity index (χ2n) is 3.85. The largest absolute Gasteiger partial charge is 0.426 e. The van der Waals surface area contributed by atoms with Crippen molar-refractivity contribution in [3.63, 3.8) is 0 Å². The third-order valence-corrected chi connectivity index (χ3v) is 2.60. The SMILES string of the molecule is C=CCC(=O)Oc1ccc(C(C)CC)cc1. The van der Waals surface area contributed by atoms with Gasteiger partial charge in [-0.05, 0) is 30.0 Å². The van der Waals surface area contributed by atoms with Crippen molar-refractivity contribution in [1.29, 1.82) is 0 Å². The Morgan fingerprint density at radius 1 is 1.44 bits per heavy atom. The van der Waals surface area contributed by atoms with Crippen LogP contribution in [0.2, 0.25) is 0 Å². The smallest absolute Gasteiger partial charge is 0.315 e. The highest BCUT2D eigenvalue weighted by molar-refractivity contribution is 5.73. The van der Waals surface area contributed by atoms with E-state index in [9.17, 15) is 4.79 Å². The molecule has 0 amide bonds. The zero-order valence-electron chi connectivity index (χ0n) is 9.90. The summed E-state index contributed by atoms with van der Waals surface area (Å²) in [4.78, 5) is 11.2. The highest BCUT2D eigenvalue weighted by atomic mass is 16.5. The van der Waals surface area contributed by atoms with Gasteiger partial charge in [0.05, 0.1) is 6.42 Å². The third kappa shape index (κ3) is 3.54. The minimum Gasteiger partial charge on any atom is -0.426 e. The van der Waals surface area contributed by atoms with Gasteiger partial charge in [0.25, 0.3) is 0 Å². The van der Waals surface area contributed by atoms with Crippen molar-refractivity contribution >= 4 is 5.97 Å². The summed E-state index contributed by atoms with van der Waals surface area (Å²) in [6.07, 6.45) is 2.89. The fourth-order valence-corrected chi connectivity index (χ4v) is 1.39. The summed E-state index contributed by atoms with van der Waals surface area (Å²) in [5.41, 5.74) is 1.27. The van der Waals surface area contributed by atoms with E-state index in [1.54, 1.807) is 0 Å². The molecular formula is C14H18O2. The Balaban J connectivity index is 2.64. The van der Waals surface area contributed by atoms with Crippen LogP contribution in [0.15, 0.2) is 36.9 Å². The summed E-state index contributed by atoms with van der Waals surface area (Å²) in [5.74, 6) is 0.864.